The van der Waals surface area contributed by atoms with Crippen LogP contribution in [0.2, 0.25) is 5.02 Å². The van der Waals surface area contributed by atoms with Gasteiger partial charge in [0.15, 0.2) is 17.6 Å². The van der Waals surface area contributed by atoms with Gasteiger partial charge in [-0.15, -0.1) is 0 Å². The third-order valence-corrected chi connectivity index (χ3v) is 4.22. The van der Waals surface area contributed by atoms with Gasteiger partial charge in [-0.3, -0.25) is 14.9 Å². The van der Waals surface area contributed by atoms with E-state index in [-0.39, 0.29) is 23.2 Å². The van der Waals surface area contributed by atoms with Crippen molar-refractivity contribution in [2.45, 2.75) is 13.0 Å². The van der Waals surface area contributed by atoms with Crippen molar-refractivity contribution in [1.29, 1.82) is 0 Å². The Morgan fingerprint density at radius 2 is 2.00 bits per heavy atom. The molecule has 0 bridgehead atoms. The fourth-order valence-corrected chi connectivity index (χ4v) is 2.57. The molecule has 0 unspecified atom stereocenters. The lowest BCUT2D eigenvalue weighted by Gasteiger charge is -2.13. The molecule has 1 amide bonds. The smallest absolute Gasteiger partial charge is 0.331 e. The van der Waals surface area contributed by atoms with Crippen molar-refractivity contribution in [1.82, 2.24) is 0 Å². The standard InChI is InChI=1S/C19H15ClN2O7/c1-11(19(24)21-15-9-13(22(25)26)4-5-14(15)20)29-18(23)7-3-12-2-6-16-17(8-12)28-10-27-16/h2-9,11H,10H2,1H3,(H,21,24)/b7-3+/t11-/m0/s1. The average molecular weight is 419 g/mol. The molecule has 1 N–H and O–H groups in total. The van der Waals surface area contributed by atoms with Gasteiger partial charge in [0.25, 0.3) is 11.6 Å². The number of nitrogens with one attached hydrogen (secondary N) is 1. The van der Waals surface area contributed by atoms with Crippen molar-refractivity contribution < 1.29 is 28.7 Å². The van der Waals surface area contributed by atoms with E-state index in [4.69, 9.17) is 25.8 Å². The quantitative estimate of drug-likeness (QED) is 0.330. The summed E-state index contributed by atoms with van der Waals surface area (Å²) in [5, 5.41) is 13.4. The highest BCUT2D eigenvalue weighted by molar-refractivity contribution is 6.33. The molecule has 1 aliphatic rings. The summed E-state index contributed by atoms with van der Waals surface area (Å²) in [6, 6.07) is 8.77. The number of rotatable bonds is 6. The van der Waals surface area contributed by atoms with Gasteiger partial charge in [0.05, 0.1) is 15.6 Å². The van der Waals surface area contributed by atoms with Crippen LogP contribution >= 0.6 is 11.6 Å². The highest BCUT2D eigenvalue weighted by Gasteiger charge is 2.19. The minimum Gasteiger partial charge on any atom is -0.454 e. The molecule has 0 saturated carbocycles. The number of benzene rings is 2. The maximum atomic E-state index is 12.2. The minimum atomic E-state index is -1.15. The highest BCUT2D eigenvalue weighted by Crippen LogP contribution is 2.32. The van der Waals surface area contributed by atoms with E-state index in [1.807, 2.05) is 0 Å². The van der Waals surface area contributed by atoms with E-state index < -0.39 is 22.9 Å². The lowest BCUT2D eigenvalue weighted by atomic mass is 10.2. The molecular weight excluding hydrogens is 404 g/mol. The number of nitro benzene ring substituents is 1. The molecule has 9 nitrogen and oxygen atoms in total. The summed E-state index contributed by atoms with van der Waals surface area (Å²) in [5.74, 6) is -0.232. The number of ether oxygens (including phenoxy) is 3. The zero-order valence-corrected chi connectivity index (χ0v) is 15.8. The van der Waals surface area contributed by atoms with Crippen molar-refractivity contribution in [2.75, 3.05) is 12.1 Å². The van der Waals surface area contributed by atoms with Gasteiger partial charge in [-0.2, -0.15) is 0 Å². The summed E-state index contributed by atoms with van der Waals surface area (Å²) in [5.41, 5.74) is 0.498. The average Bonchev–Trinajstić information content (AvgIpc) is 3.15. The molecule has 0 fully saturated rings. The number of nitro groups is 1. The van der Waals surface area contributed by atoms with Gasteiger partial charge in [0, 0.05) is 18.2 Å². The summed E-state index contributed by atoms with van der Waals surface area (Å²) in [6.07, 6.45) is 1.52. The van der Waals surface area contributed by atoms with Crippen LogP contribution in [0.4, 0.5) is 11.4 Å². The number of carbonyl (C=O) groups excluding carboxylic acids is 2. The summed E-state index contributed by atoms with van der Waals surface area (Å²) in [6.45, 7) is 1.51. The molecule has 2 aromatic rings. The fourth-order valence-electron chi connectivity index (χ4n) is 2.41. The minimum absolute atomic E-state index is 0.0460. The molecule has 0 radical (unpaired) electrons. The van der Waals surface area contributed by atoms with Crippen molar-refractivity contribution in [3.63, 3.8) is 0 Å². The number of halogens is 1. The fraction of sp³-hybridized carbons (Fsp3) is 0.158. The number of nitrogens with zero attached hydrogens (tertiary/aromatic N) is 1. The normalized spacial score (nSPS) is 13.2. The molecule has 150 valence electrons. The Balaban J connectivity index is 1.58. The summed E-state index contributed by atoms with van der Waals surface area (Å²) >= 11 is 5.94. The molecule has 1 atom stereocenters. The van der Waals surface area contributed by atoms with Crippen LogP contribution in [0.5, 0.6) is 11.5 Å². The van der Waals surface area contributed by atoms with Crippen LogP contribution < -0.4 is 14.8 Å². The molecule has 3 rings (SSSR count). The summed E-state index contributed by atoms with van der Waals surface area (Å²) < 4.78 is 15.5. The van der Waals surface area contributed by atoms with Crippen LogP contribution in [-0.4, -0.2) is 29.7 Å². The topological polar surface area (TPSA) is 117 Å². The molecule has 0 aromatic heterocycles. The van der Waals surface area contributed by atoms with E-state index in [0.29, 0.717) is 17.1 Å². The molecule has 0 spiro atoms. The largest absolute Gasteiger partial charge is 0.454 e. The third kappa shape index (κ3) is 5.02. The number of hydrogen-bond donors (Lipinski definition) is 1. The predicted molar refractivity (Wildman–Crippen MR) is 104 cm³/mol. The molecule has 1 aliphatic heterocycles. The Morgan fingerprint density at radius 1 is 1.24 bits per heavy atom. The van der Waals surface area contributed by atoms with E-state index in [1.54, 1.807) is 18.2 Å². The van der Waals surface area contributed by atoms with Gasteiger partial charge in [0.2, 0.25) is 6.79 Å². The first-order valence-corrected chi connectivity index (χ1v) is 8.74. The van der Waals surface area contributed by atoms with Crippen molar-refractivity contribution in [3.8, 4) is 11.5 Å². The number of carbonyl (C=O) groups is 2. The molecule has 2 aromatic carbocycles. The SMILES string of the molecule is C[C@H](OC(=O)/C=C/c1ccc2c(c1)OCO2)C(=O)Nc1cc([N+](=O)[O-])ccc1Cl. The molecule has 0 saturated heterocycles. The Bertz CT molecular complexity index is 1010. The maximum absolute atomic E-state index is 12.2. The van der Waals surface area contributed by atoms with Crippen molar-refractivity contribution in [2.24, 2.45) is 0 Å². The van der Waals surface area contributed by atoms with Crippen LogP contribution in [0.3, 0.4) is 0 Å². The number of amides is 1. The van der Waals surface area contributed by atoms with Gasteiger partial charge in [0.1, 0.15) is 0 Å². The first kappa shape index (κ1) is 20.2. The number of anilines is 1. The Morgan fingerprint density at radius 3 is 2.76 bits per heavy atom. The third-order valence-electron chi connectivity index (χ3n) is 3.89. The van der Waals surface area contributed by atoms with Gasteiger partial charge < -0.3 is 19.5 Å². The van der Waals surface area contributed by atoms with E-state index >= 15 is 0 Å². The van der Waals surface area contributed by atoms with Gasteiger partial charge in [-0.05, 0) is 36.8 Å². The van der Waals surface area contributed by atoms with E-state index in [2.05, 4.69) is 5.32 Å². The molecule has 0 aliphatic carbocycles. The molecule has 1 heterocycles. The second kappa shape index (κ2) is 8.61. The first-order valence-electron chi connectivity index (χ1n) is 8.36. The number of non-ortho nitro benzene ring substituents is 1. The Kier molecular flexibility index (Phi) is 5.99. The van der Waals surface area contributed by atoms with Crippen molar-refractivity contribution >= 4 is 40.9 Å². The first-order chi connectivity index (χ1) is 13.8. The lowest BCUT2D eigenvalue weighted by Crippen LogP contribution is -2.29. The van der Waals surface area contributed by atoms with Crippen LogP contribution in [0.15, 0.2) is 42.5 Å². The van der Waals surface area contributed by atoms with Gasteiger partial charge >= 0.3 is 5.97 Å². The molecule has 29 heavy (non-hydrogen) atoms. The maximum Gasteiger partial charge on any atom is 0.331 e. The zero-order valence-electron chi connectivity index (χ0n) is 15.1. The van der Waals surface area contributed by atoms with E-state index in [9.17, 15) is 19.7 Å². The van der Waals surface area contributed by atoms with Gasteiger partial charge in [-0.25, -0.2) is 4.79 Å². The van der Waals surface area contributed by atoms with E-state index in [0.717, 1.165) is 6.07 Å². The monoisotopic (exact) mass is 418 g/mol. The van der Waals surface area contributed by atoms with Gasteiger partial charge in [-0.1, -0.05) is 17.7 Å². The number of esters is 1. The predicted octanol–water partition coefficient (Wildman–Crippen LogP) is 3.56. The number of fused-ring (bicyclic) bond motifs is 1. The van der Waals surface area contributed by atoms with Crippen LogP contribution in [0, 0.1) is 10.1 Å². The number of hydrogen-bond acceptors (Lipinski definition) is 7. The van der Waals surface area contributed by atoms with Crippen molar-refractivity contribution in [3.05, 3.63) is 63.2 Å². The van der Waals surface area contributed by atoms with E-state index in [1.165, 1.54) is 31.2 Å². The molecular formula is C19H15ClN2O7. The Hall–Kier alpha value is -3.59. The van der Waals surface area contributed by atoms with Crippen LogP contribution in [0.25, 0.3) is 6.08 Å². The zero-order chi connectivity index (χ0) is 21.0. The highest BCUT2D eigenvalue weighted by atomic mass is 35.5. The second-order valence-electron chi connectivity index (χ2n) is 5.94. The van der Waals surface area contributed by atoms with Crippen LogP contribution in [-0.2, 0) is 14.3 Å². The summed E-state index contributed by atoms with van der Waals surface area (Å²) in [7, 11) is 0. The molecule has 10 heteroatoms. The second-order valence-corrected chi connectivity index (χ2v) is 6.34. The summed E-state index contributed by atoms with van der Waals surface area (Å²) in [4.78, 5) is 34.4. The Labute approximate surface area is 170 Å². The lowest BCUT2D eigenvalue weighted by molar-refractivity contribution is -0.384. The van der Waals surface area contributed by atoms with Crippen LogP contribution in [0.1, 0.15) is 12.5 Å².